The van der Waals surface area contributed by atoms with Gasteiger partial charge in [-0.3, -0.25) is 9.63 Å². The molecule has 2 N–H and O–H groups in total. The number of ether oxygens (including phenoxy) is 2. The van der Waals surface area contributed by atoms with E-state index in [2.05, 4.69) is 22.9 Å². The van der Waals surface area contributed by atoms with Crippen molar-refractivity contribution in [1.82, 2.24) is 10.8 Å². The van der Waals surface area contributed by atoms with Crippen molar-refractivity contribution in [2.45, 2.75) is 30.8 Å². The number of carbonyl (C=O) groups excluding carboxylic acids is 1. The van der Waals surface area contributed by atoms with E-state index in [9.17, 15) is 4.79 Å². The van der Waals surface area contributed by atoms with Crippen LogP contribution in [-0.4, -0.2) is 32.8 Å². The van der Waals surface area contributed by atoms with Gasteiger partial charge in [-0.05, 0) is 37.0 Å². The molecule has 1 amide bonds. The lowest BCUT2D eigenvalue weighted by atomic mass is 9.67. The first kappa shape index (κ1) is 19.3. The van der Waals surface area contributed by atoms with Crippen molar-refractivity contribution in [2.75, 3.05) is 20.8 Å². The second kappa shape index (κ2) is 8.17. The topological polar surface area (TPSA) is 68.8 Å². The van der Waals surface area contributed by atoms with E-state index in [4.69, 9.17) is 14.3 Å². The minimum Gasteiger partial charge on any atom is -0.496 e. The molecule has 1 saturated carbocycles. The van der Waals surface area contributed by atoms with Crippen molar-refractivity contribution in [3.05, 3.63) is 77.2 Å². The van der Waals surface area contributed by atoms with Crippen LogP contribution in [0, 0.1) is 0 Å². The molecule has 1 fully saturated rings. The van der Waals surface area contributed by atoms with E-state index in [1.807, 2.05) is 30.3 Å². The van der Waals surface area contributed by atoms with Gasteiger partial charge in [0.05, 0.1) is 19.8 Å². The molecular weight excluding hydrogens is 368 g/mol. The van der Waals surface area contributed by atoms with Gasteiger partial charge < -0.3 is 14.8 Å². The van der Waals surface area contributed by atoms with E-state index in [1.54, 1.807) is 26.4 Å². The SMILES string of the molecule is COC1=C2CC[C@](CNC(=O)c3ccccc3OC)(c3ccccc3)C[C@@H]2ON1. The predicted molar refractivity (Wildman–Crippen MR) is 109 cm³/mol. The molecule has 4 rings (SSSR count). The van der Waals surface area contributed by atoms with Crippen molar-refractivity contribution >= 4 is 5.91 Å². The van der Waals surface area contributed by atoms with Crippen LogP contribution in [0.4, 0.5) is 0 Å². The molecule has 0 bridgehead atoms. The van der Waals surface area contributed by atoms with Crippen LogP contribution in [0.5, 0.6) is 5.75 Å². The summed E-state index contributed by atoms with van der Waals surface area (Å²) in [5.41, 5.74) is 5.57. The van der Waals surface area contributed by atoms with Gasteiger partial charge in [0.1, 0.15) is 11.9 Å². The number of hydrogen-bond acceptors (Lipinski definition) is 5. The summed E-state index contributed by atoms with van der Waals surface area (Å²) in [4.78, 5) is 18.7. The lowest BCUT2D eigenvalue weighted by Crippen LogP contribution is -2.46. The predicted octanol–water partition coefficient (Wildman–Crippen LogP) is 3.31. The van der Waals surface area contributed by atoms with E-state index in [1.165, 1.54) is 5.56 Å². The second-order valence-electron chi connectivity index (χ2n) is 7.50. The van der Waals surface area contributed by atoms with Gasteiger partial charge in [-0.1, -0.05) is 42.5 Å². The maximum Gasteiger partial charge on any atom is 0.255 e. The molecule has 152 valence electrons. The molecule has 0 spiro atoms. The Hall–Kier alpha value is -2.99. The molecule has 2 aromatic rings. The summed E-state index contributed by atoms with van der Waals surface area (Å²) < 4.78 is 10.7. The van der Waals surface area contributed by atoms with Crippen molar-refractivity contribution in [2.24, 2.45) is 0 Å². The molecule has 6 nitrogen and oxygen atoms in total. The first-order valence-electron chi connectivity index (χ1n) is 9.82. The van der Waals surface area contributed by atoms with E-state index < -0.39 is 0 Å². The van der Waals surface area contributed by atoms with E-state index in [-0.39, 0.29) is 17.4 Å². The van der Waals surface area contributed by atoms with Gasteiger partial charge in [0.25, 0.3) is 5.91 Å². The lowest BCUT2D eigenvalue weighted by Gasteiger charge is -2.40. The fourth-order valence-corrected chi connectivity index (χ4v) is 4.34. The molecule has 0 saturated heterocycles. The quantitative estimate of drug-likeness (QED) is 0.787. The minimum atomic E-state index is -0.224. The molecule has 2 aromatic carbocycles. The van der Waals surface area contributed by atoms with Crippen LogP contribution in [0.1, 0.15) is 35.2 Å². The largest absolute Gasteiger partial charge is 0.496 e. The van der Waals surface area contributed by atoms with E-state index in [0.717, 1.165) is 30.7 Å². The normalized spacial score (nSPS) is 23.2. The number of fused-ring (bicyclic) bond motifs is 1. The Morgan fingerprint density at radius 1 is 1.14 bits per heavy atom. The Labute approximate surface area is 170 Å². The molecule has 1 heterocycles. The molecular formula is C23H26N2O4. The van der Waals surface area contributed by atoms with Crippen LogP contribution in [0.15, 0.2) is 66.1 Å². The molecule has 2 aliphatic rings. The Morgan fingerprint density at radius 3 is 2.66 bits per heavy atom. The Kier molecular flexibility index (Phi) is 5.45. The number of para-hydroxylation sites is 1. The average Bonchev–Trinajstić information content (AvgIpc) is 3.20. The zero-order chi connectivity index (χ0) is 20.3. The first-order valence-corrected chi connectivity index (χ1v) is 9.82. The number of carbonyl (C=O) groups is 1. The Balaban J connectivity index is 1.58. The van der Waals surface area contributed by atoms with Crippen molar-refractivity contribution < 1.29 is 19.1 Å². The van der Waals surface area contributed by atoms with Crippen molar-refractivity contribution in [3.8, 4) is 5.75 Å². The van der Waals surface area contributed by atoms with Gasteiger partial charge in [-0.15, -0.1) is 0 Å². The third kappa shape index (κ3) is 3.68. The van der Waals surface area contributed by atoms with Crippen LogP contribution in [0.25, 0.3) is 0 Å². The molecule has 0 radical (unpaired) electrons. The number of amides is 1. The first-order chi connectivity index (χ1) is 14.2. The Bertz CT molecular complexity index is 912. The van der Waals surface area contributed by atoms with Gasteiger partial charge in [0.2, 0.25) is 5.88 Å². The number of nitrogens with one attached hydrogen (secondary N) is 2. The highest BCUT2D eigenvalue weighted by Gasteiger charge is 2.44. The number of rotatable bonds is 6. The van der Waals surface area contributed by atoms with E-state index >= 15 is 0 Å². The molecule has 29 heavy (non-hydrogen) atoms. The zero-order valence-electron chi connectivity index (χ0n) is 16.7. The maximum atomic E-state index is 12.9. The summed E-state index contributed by atoms with van der Waals surface area (Å²) >= 11 is 0. The second-order valence-corrected chi connectivity index (χ2v) is 7.50. The lowest BCUT2D eigenvalue weighted by molar-refractivity contribution is -0.00386. The summed E-state index contributed by atoms with van der Waals surface area (Å²) in [6.45, 7) is 0.517. The molecule has 1 aliphatic heterocycles. The van der Waals surface area contributed by atoms with Crippen LogP contribution in [-0.2, 0) is 15.0 Å². The van der Waals surface area contributed by atoms with Gasteiger partial charge in [0, 0.05) is 17.5 Å². The van der Waals surface area contributed by atoms with E-state index in [0.29, 0.717) is 17.9 Å². The van der Waals surface area contributed by atoms with Gasteiger partial charge in [-0.2, -0.15) is 0 Å². The number of hydroxylamine groups is 1. The Morgan fingerprint density at radius 2 is 1.90 bits per heavy atom. The fraction of sp³-hybridized carbons (Fsp3) is 0.348. The summed E-state index contributed by atoms with van der Waals surface area (Å²) in [5.74, 6) is 1.15. The number of benzene rings is 2. The molecule has 1 aliphatic carbocycles. The van der Waals surface area contributed by atoms with Gasteiger partial charge in [0.15, 0.2) is 0 Å². The standard InChI is InChI=1S/C23H26N2O4/c1-27-19-11-7-6-10-17(19)21(26)24-15-23(16-8-4-3-5-9-16)13-12-18-20(14-23)29-25-22(18)28-2/h3-11,20,25H,12-15H2,1-2H3,(H,24,26)/t20-,23-/m0/s1. The number of hydrogen-bond donors (Lipinski definition) is 2. The number of methoxy groups -OCH3 is 2. The van der Waals surface area contributed by atoms with Crippen molar-refractivity contribution in [1.29, 1.82) is 0 Å². The zero-order valence-corrected chi connectivity index (χ0v) is 16.7. The molecule has 6 heteroatoms. The van der Waals surface area contributed by atoms with Crippen LogP contribution < -0.4 is 15.5 Å². The third-order valence-corrected chi connectivity index (χ3v) is 5.95. The molecule has 0 aromatic heterocycles. The average molecular weight is 394 g/mol. The molecule has 2 atom stereocenters. The highest BCUT2D eigenvalue weighted by atomic mass is 16.7. The summed E-state index contributed by atoms with van der Waals surface area (Å²) in [6, 6.07) is 17.6. The fourth-order valence-electron chi connectivity index (χ4n) is 4.34. The molecule has 0 unspecified atom stereocenters. The van der Waals surface area contributed by atoms with Gasteiger partial charge in [-0.25, -0.2) is 5.48 Å². The monoisotopic (exact) mass is 394 g/mol. The summed E-state index contributed by atoms with van der Waals surface area (Å²) in [7, 11) is 3.22. The maximum absolute atomic E-state index is 12.9. The third-order valence-electron chi connectivity index (χ3n) is 5.95. The summed E-state index contributed by atoms with van der Waals surface area (Å²) in [5, 5.41) is 3.15. The minimum absolute atomic E-state index is 0.0675. The highest BCUT2D eigenvalue weighted by molar-refractivity contribution is 5.97. The van der Waals surface area contributed by atoms with Crippen LogP contribution in [0.3, 0.4) is 0 Å². The van der Waals surface area contributed by atoms with Gasteiger partial charge >= 0.3 is 0 Å². The summed E-state index contributed by atoms with van der Waals surface area (Å²) in [6.07, 6.45) is 2.44. The van der Waals surface area contributed by atoms with Crippen molar-refractivity contribution in [3.63, 3.8) is 0 Å². The van der Waals surface area contributed by atoms with Crippen LogP contribution >= 0.6 is 0 Å². The highest BCUT2D eigenvalue weighted by Crippen LogP contribution is 2.44. The smallest absolute Gasteiger partial charge is 0.255 e. The van der Waals surface area contributed by atoms with Crippen LogP contribution in [0.2, 0.25) is 0 Å².